The number of benzene rings is 1. The molecule has 2 aliphatic rings. The Morgan fingerprint density at radius 1 is 1.27 bits per heavy atom. The number of ether oxygens (including phenoxy) is 3. The molecule has 1 atom stereocenters. The van der Waals surface area contributed by atoms with Crippen molar-refractivity contribution in [1.82, 2.24) is 5.32 Å². The van der Waals surface area contributed by atoms with E-state index in [4.69, 9.17) is 14.2 Å². The molecule has 120 valence electrons. The Kier molecular flexibility index (Phi) is 4.94. The summed E-state index contributed by atoms with van der Waals surface area (Å²) >= 11 is 1.55. The van der Waals surface area contributed by atoms with Gasteiger partial charge in [0.25, 0.3) is 0 Å². The zero-order valence-electron chi connectivity index (χ0n) is 12.5. The van der Waals surface area contributed by atoms with E-state index in [0.29, 0.717) is 25.5 Å². The number of amides is 2. The number of fused-ring (bicyclic) bond motifs is 1. The molecule has 0 bridgehead atoms. The number of urea groups is 1. The van der Waals surface area contributed by atoms with E-state index < -0.39 is 0 Å². The monoisotopic (exact) mass is 324 g/mol. The van der Waals surface area contributed by atoms with E-state index in [1.54, 1.807) is 11.8 Å². The molecule has 1 aromatic rings. The number of carbonyl (C=O) groups is 1. The van der Waals surface area contributed by atoms with Crippen molar-refractivity contribution in [3.05, 3.63) is 12.1 Å². The van der Waals surface area contributed by atoms with Gasteiger partial charge in [-0.25, -0.2) is 4.79 Å². The van der Waals surface area contributed by atoms with Gasteiger partial charge in [0.2, 0.25) is 0 Å². The Balaban J connectivity index is 1.64. The van der Waals surface area contributed by atoms with Gasteiger partial charge in [-0.2, -0.15) is 0 Å². The fourth-order valence-electron chi connectivity index (χ4n) is 2.52. The molecule has 22 heavy (non-hydrogen) atoms. The maximum Gasteiger partial charge on any atom is 0.319 e. The van der Waals surface area contributed by atoms with Gasteiger partial charge in [0.05, 0.1) is 11.8 Å². The second-order valence-electron chi connectivity index (χ2n) is 5.17. The van der Waals surface area contributed by atoms with Gasteiger partial charge in [-0.05, 0) is 25.2 Å². The number of thioether (sulfide) groups is 1. The van der Waals surface area contributed by atoms with Gasteiger partial charge in [0, 0.05) is 24.1 Å². The lowest BCUT2D eigenvalue weighted by molar-refractivity contribution is 0.112. The molecule has 6 nitrogen and oxygen atoms in total. The van der Waals surface area contributed by atoms with Crippen LogP contribution in [0.3, 0.4) is 0 Å². The zero-order valence-corrected chi connectivity index (χ0v) is 13.3. The SMILES string of the molecule is CSc1cc2c(cc1NC(=O)NC[C@@H]1CCCO1)OCCO2. The zero-order chi connectivity index (χ0) is 15.4. The number of carbonyl (C=O) groups excluding carboxylic acids is 1. The van der Waals surface area contributed by atoms with E-state index in [1.165, 1.54) is 0 Å². The molecule has 0 spiro atoms. The summed E-state index contributed by atoms with van der Waals surface area (Å²) in [5, 5.41) is 5.72. The first-order valence-corrected chi connectivity index (χ1v) is 8.63. The Hall–Kier alpha value is -1.60. The summed E-state index contributed by atoms with van der Waals surface area (Å²) < 4.78 is 16.6. The summed E-state index contributed by atoms with van der Waals surface area (Å²) in [7, 11) is 0. The third-order valence-electron chi connectivity index (χ3n) is 3.63. The summed E-state index contributed by atoms with van der Waals surface area (Å²) in [6, 6.07) is 3.48. The molecular formula is C15H20N2O4S. The fourth-order valence-corrected chi connectivity index (χ4v) is 3.07. The van der Waals surface area contributed by atoms with Crippen LogP contribution in [-0.2, 0) is 4.74 Å². The van der Waals surface area contributed by atoms with E-state index >= 15 is 0 Å². The summed E-state index contributed by atoms with van der Waals surface area (Å²) in [5.74, 6) is 1.39. The number of hydrogen-bond donors (Lipinski definition) is 2. The molecule has 1 saturated heterocycles. The molecular weight excluding hydrogens is 304 g/mol. The molecule has 1 aromatic carbocycles. The predicted octanol–water partition coefficient (Wildman–Crippen LogP) is 2.48. The Morgan fingerprint density at radius 2 is 2.05 bits per heavy atom. The van der Waals surface area contributed by atoms with Crippen molar-refractivity contribution in [2.45, 2.75) is 23.8 Å². The van der Waals surface area contributed by atoms with Gasteiger partial charge in [0.15, 0.2) is 11.5 Å². The van der Waals surface area contributed by atoms with Crippen molar-refractivity contribution in [2.24, 2.45) is 0 Å². The van der Waals surface area contributed by atoms with Crippen LogP contribution < -0.4 is 20.1 Å². The van der Waals surface area contributed by atoms with Crippen LogP contribution in [0.2, 0.25) is 0 Å². The number of hydrogen-bond acceptors (Lipinski definition) is 5. The number of nitrogens with one attached hydrogen (secondary N) is 2. The van der Waals surface area contributed by atoms with Crippen LogP contribution in [0.15, 0.2) is 17.0 Å². The third kappa shape index (κ3) is 3.59. The minimum absolute atomic E-state index is 0.131. The van der Waals surface area contributed by atoms with Crippen molar-refractivity contribution in [2.75, 3.05) is 37.9 Å². The molecule has 2 heterocycles. The normalized spacial score (nSPS) is 19.8. The van der Waals surface area contributed by atoms with Gasteiger partial charge >= 0.3 is 6.03 Å². The molecule has 0 saturated carbocycles. The van der Waals surface area contributed by atoms with E-state index in [-0.39, 0.29) is 12.1 Å². The van der Waals surface area contributed by atoms with Gasteiger partial charge in [-0.15, -0.1) is 11.8 Å². The maximum atomic E-state index is 12.0. The van der Waals surface area contributed by atoms with Crippen LogP contribution in [-0.4, -0.2) is 44.8 Å². The van der Waals surface area contributed by atoms with E-state index in [0.717, 1.165) is 35.8 Å². The Labute approximate surface area is 133 Å². The van der Waals surface area contributed by atoms with Crippen molar-refractivity contribution >= 4 is 23.5 Å². The molecule has 2 N–H and O–H groups in total. The van der Waals surface area contributed by atoms with Crippen molar-refractivity contribution in [3.8, 4) is 11.5 Å². The van der Waals surface area contributed by atoms with Gasteiger partial charge in [-0.3, -0.25) is 0 Å². The Bertz CT molecular complexity index is 547. The third-order valence-corrected chi connectivity index (χ3v) is 4.40. The summed E-state index contributed by atoms with van der Waals surface area (Å²) in [4.78, 5) is 13.0. The maximum absolute atomic E-state index is 12.0. The van der Waals surface area contributed by atoms with Crippen LogP contribution in [0, 0.1) is 0 Å². The van der Waals surface area contributed by atoms with Crippen molar-refractivity contribution in [3.63, 3.8) is 0 Å². The highest BCUT2D eigenvalue weighted by molar-refractivity contribution is 7.98. The van der Waals surface area contributed by atoms with Crippen LogP contribution in [0.5, 0.6) is 11.5 Å². The van der Waals surface area contributed by atoms with Crippen LogP contribution in [0.4, 0.5) is 10.5 Å². The fraction of sp³-hybridized carbons (Fsp3) is 0.533. The Morgan fingerprint density at radius 3 is 2.73 bits per heavy atom. The predicted molar refractivity (Wildman–Crippen MR) is 85.2 cm³/mol. The van der Waals surface area contributed by atoms with E-state index in [1.807, 2.05) is 18.4 Å². The molecule has 2 amide bonds. The lowest BCUT2D eigenvalue weighted by atomic mass is 10.2. The molecule has 0 aromatic heterocycles. The standard InChI is InChI=1S/C15H20N2O4S/c1-22-14-8-13-12(20-5-6-21-13)7-11(14)17-15(18)16-9-10-3-2-4-19-10/h7-8,10H,2-6,9H2,1H3,(H2,16,17,18)/t10-/m0/s1. The van der Waals surface area contributed by atoms with Crippen LogP contribution in [0.25, 0.3) is 0 Å². The summed E-state index contributed by atoms with van der Waals surface area (Å²) in [6.07, 6.45) is 4.15. The second kappa shape index (κ2) is 7.11. The van der Waals surface area contributed by atoms with Crippen LogP contribution >= 0.6 is 11.8 Å². The minimum Gasteiger partial charge on any atom is -0.486 e. The van der Waals surface area contributed by atoms with Crippen molar-refractivity contribution in [1.29, 1.82) is 0 Å². The summed E-state index contributed by atoms with van der Waals surface area (Å²) in [5.41, 5.74) is 0.724. The highest BCUT2D eigenvalue weighted by atomic mass is 32.2. The lowest BCUT2D eigenvalue weighted by Crippen LogP contribution is -2.35. The number of rotatable bonds is 4. The van der Waals surface area contributed by atoms with E-state index in [2.05, 4.69) is 10.6 Å². The molecule has 3 rings (SSSR count). The first-order chi connectivity index (χ1) is 10.8. The van der Waals surface area contributed by atoms with Gasteiger partial charge in [0.1, 0.15) is 13.2 Å². The average molecular weight is 324 g/mol. The molecule has 0 aliphatic carbocycles. The molecule has 2 aliphatic heterocycles. The highest BCUT2D eigenvalue weighted by Crippen LogP contribution is 2.39. The van der Waals surface area contributed by atoms with Gasteiger partial charge in [-0.1, -0.05) is 0 Å². The minimum atomic E-state index is -0.234. The molecule has 0 unspecified atom stereocenters. The topological polar surface area (TPSA) is 68.8 Å². The number of anilines is 1. The van der Waals surface area contributed by atoms with Crippen LogP contribution in [0.1, 0.15) is 12.8 Å². The van der Waals surface area contributed by atoms with Crippen molar-refractivity contribution < 1.29 is 19.0 Å². The van der Waals surface area contributed by atoms with E-state index in [9.17, 15) is 4.79 Å². The van der Waals surface area contributed by atoms with Gasteiger partial charge < -0.3 is 24.8 Å². The summed E-state index contributed by atoms with van der Waals surface area (Å²) in [6.45, 7) is 2.39. The molecule has 1 fully saturated rings. The quantitative estimate of drug-likeness (QED) is 0.833. The first-order valence-electron chi connectivity index (χ1n) is 7.40. The second-order valence-corrected chi connectivity index (χ2v) is 6.01. The average Bonchev–Trinajstić information content (AvgIpc) is 3.05. The smallest absolute Gasteiger partial charge is 0.319 e. The largest absolute Gasteiger partial charge is 0.486 e. The lowest BCUT2D eigenvalue weighted by Gasteiger charge is -2.21. The molecule has 0 radical (unpaired) electrons. The molecule has 7 heteroatoms. The highest BCUT2D eigenvalue weighted by Gasteiger charge is 2.18. The first kappa shape index (κ1) is 15.3.